The summed E-state index contributed by atoms with van der Waals surface area (Å²) < 4.78 is 27.4. The van der Waals surface area contributed by atoms with Crippen LogP contribution < -0.4 is 9.62 Å². The molecule has 1 saturated heterocycles. The first-order valence-corrected chi connectivity index (χ1v) is 9.74. The first-order chi connectivity index (χ1) is 11.5. The molecule has 1 aromatic heterocycles. The van der Waals surface area contributed by atoms with E-state index in [1.54, 1.807) is 24.5 Å². The standard InChI is InChI=1S/C18H23N3O2S/c1-15-2-4-18(5-3-15)24(22,23)20-14-16-8-12-21(13-9-16)17-6-10-19-11-7-17/h2-7,10-11,16,20H,8-9,12-14H2,1H3. The van der Waals surface area contributed by atoms with Crippen molar-refractivity contribution in [2.24, 2.45) is 5.92 Å². The molecule has 1 aromatic carbocycles. The third-order valence-electron chi connectivity index (χ3n) is 4.54. The SMILES string of the molecule is Cc1ccc(S(=O)(=O)NCC2CCN(c3ccncc3)CC2)cc1. The largest absolute Gasteiger partial charge is 0.371 e. The number of benzene rings is 1. The lowest BCUT2D eigenvalue weighted by molar-refractivity contribution is 0.402. The summed E-state index contributed by atoms with van der Waals surface area (Å²) in [5.74, 6) is 0.378. The Morgan fingerprint density at radius 2 is 1.71 bits per heavy atom. The Bertz CT molecular complexity index is 753. The van der Waals surface area contributed by atoms with E-state index in [-0.39, 0.29) is 0 Å². The maximum atomic E-state index is 12.3. The number of aryl methyl sites for hydroxylation is 1. The van der Waals surface area contributed by atoms with Gasteiger partial charge in [0.25, 0.3) is 0 Å². The summed E-state index contributed by atoms with van der Waals surface area (Å²) in [6, 6.07) is 11.0. The molecule has 0 spiro atoms. The van der Waals surface area contributed by atoms with Crippen LogP contribution in [0.1, 0.15) is 18.4 Å². The number of hydrogen-bond donors (Lipinski definition) is 1. The number of rotatable bonds is 5. The van der Waals surface area contributed by atoms with E-state index in [1.165, 1.54) is 5.69 Å². The van der Waals surface area contributed by atoms with E-state index in [9.17, 15) is 8.42 Å². The highest BCUT2D eigenvalue weighted by Crippen LogP contribution is 2.22. The third kappa shape index (κ3) is 4.13. The van der Waals surface area contributed by atoms with Gasteiger partial charge in [-0.15, -0.1) is 0 Å². The average molecular weight is 345 g/mol. The van der Waals surface area contributed by atoms with Crippen LogP contribution in [0.4, 0.5) is 5.69 Å². The minimum atomic E-state index is -3.41. The number of hydrogen-bond acceptors (Lipinski definition) is 4. The van der Waals surface area contributed by atoms with Crippen molar-refractivity contribution in [3.05, 3.63) is 54.4 Å². The van der Waals surface area contributed by atoms with E-state index >= 15 is 0 Å². The number of sulfonamides is 1. The molecule has 5 nitrogen and oxygen atoms in total. The van der Waals surface area contributed by atoms with Gasteiger partial charge in [-0.25, -0.2) is 13.1 Å². The average Bonchev–Trinajstić information content (AvgIpc) is 2.62. The van der Waals surface area contributed by atoms with E-state index < -0.39 is 10.0 Å². The van der Waals surface area contributed by atoms with Crippen LogP contribution in [0, 0.1) is 12.8 Å². The van der Waals surface area contributed by atoms with Gasteiger partial charge in [-0.2, -0.15) is 0 Å². The van der Waals surface area contributed by atoms with Gasteiger partial charge in [-0.3, -0.25) is 4.98 Å². The van der Waals surface area contributed by atoms with Crippen molar-refractivity contribution in [3.63, 3.8) is 0 Å². The van der Waals surface area contributed by atoms with Crippen LogP contribution in [0.15, 0.2) is 53.7 Å². The van der Waals surface area contributed by atoms with E-state index in [2.05, 4.69) is 14.6 Å². The molecule has 0 atom stereocenters. The lowest BCUT2D eigenvalue weighted by Crippen LogP contribution is -2.38. The summed E-state index contributed by atoms with van der Waals surface area (Å²) in [7, 11) is -3.41. The lowest BCUT2D eigenvalue weighted by atomic mass is 9.97. The molecule has 0 bridgehead atoms. The van der Waals surface area contributed by atoms with Gasteiger partial charge < -0.3 is 4.90 Å². The van der Waals surface area contributed by atoms with Gasteiger partial charge in [0.15, 0.2) is 0 Å². The fraction of sp³-hybridized carbons (Fsp3) is 0.389. The minimum absolute atomic E-state index is 0.335. The highest BCUT2D eigenvalue weighted by atomic mass is 32.2. The molecular weight excluding hydrogens is 322 g/mol. The summed E-state index contributed by atoms with van der Waals surface area (Å²) in [4.78, 5) is 6.70. The number of pyridine rings is 1. The number of aromatic nitrogens is 1. The van der Waals surface area contributed by atoms with Crippen molar-refractivity contribution in [1.29, 1.82) is 0 Å². The van der Waals surface area contributed by atoms with Crippen LogP contribution in [0.25, 0.3) is 0 Å². The zero-order valence-electron chi connectivity index (χ0n) is 13.9. The maximum absolute atomic E-state index is 12.3. The smallest absolute Gasteiger partial charge is 0.240 e. The van der Waals surface area contributed by atoms with Crippen LogP contribution in [0.2, 0.25) is 0 Å². The van der Waals surface area contributed by atoms with Crippen molar-refractivity contribution >= 4 is 15.7 Å². The predicted molar refractivity (Wildman–Crippen MR) is 95.5 cm³/mol. The molecule has 0 saturated carbocycles. The molecule has 1 aliphatic heterocycles. The van der Waals surface area contributed by atoms with Crippen LogP contribution in [0.3, 0.4) is 0 Å². The van der Waals surface area contributed by atoms with E-state index in [4.69, 9.17) is 0 Å². The zero-order chi connectivity index (χ0) is 17.0. The molecule has 1 fully saturated rings. The number of piperidine rings is 1. The van der Waals surface area contributed by atoms with E-state index in [1.807, 2.05) is 31.2 Å². The summed E-state index contributed by atoms with van der Waals surface area (Å²) >= 11 is 0. The quantitative estimate of drug-likeness (QED) is 0.905. The molecule has 1 aliphatic rings. The second kappa shape index (κ2) is 7.32. The number of anilines is 1. The lowest BCUT2D eigenvalue weighted by Gasteiger charge is -2.33. The van der Waals surface area contributed by atoms with Gasteiger partial charge in [0, 0.05) is 37.7 Å². The molecule has 2 aromatic rings. The van der Waals surface area contributed by atoms with Gasteiger partial charge in [0.05, 0.1) is 4.90 Å². The maximum Gasteiger partial charge on any atom is 0.240 e. The fourth-order valence-electron chi connectivity index (χ4n) is 2.98. The Balaban J connectivity index is 1.52. The normalized spacial score (nSPS) is 16.3. The highest BCUT2D eigenvalue weighted by Gasteiger charge is 2.22. The Morgan fingerprint density at radius 3 is 2.33 bits per heavy atom. The van der Waals surface area contributed by atoms with Gasteiger partial charge in [0.2, 0.25) is 10.0 Å². The minimum Gasteiger partial charge on any atom is -0.371 e. The summed E-state index contributed by atoms with van der Waals surface area (Å²) in [5, 5.41) is 0. The van der Waals surface area contributed by atoms with Crippen molar-refractivity contribution < 1.29 is 8.42 Å². The predicted octanol–water partition coefficient (Wildman–Crippen LogP) is 2.58. The Kier molecular flexibility index (Phi) is 5.16. The van der Waals surface area contributed by atoms with Gasteiger partial charge in [0.1, 0.15) is 0 Å². The van der Waals surface area contributed by atoms with Crippen molar-refractivity contribution in [2.75, 3.05) is 24.5 Å². The molecule has 6 heteroatoms. The van der Waals surface area contributed by atoms with E-state index in [0.29, 0.717) is 17.4 Å². The summed E-state index contributed by atoms with van der Waals surface area (Å²) in [6.45, 7) is 4.34. The second-order valence-corrected chi connectivity index (χ2v) is 8.07. The molecule has 128 valence electrons. The monoisotopic (exact) mass is 345 g/mol. The first kappa shape index (κ1) is 16.9. The molecule has 0 unspecified atom stereocenters. The molecular formula is C18H23N3O2S. The van der Waals surface area contributed by atoms with Gasteiger partial charge in [-0.05, 0) is 49.9 Å². The van der Waals surface area contributed by atoms with Crippen LogP contribution in [0.5, 0.6) is 0 Å². The van der Waals surface area contributed by atoms with Crippen molar-refractivity contribution in [1.82, 2.24) is 9.71 Å². The Hall–Kier alpha value is -1.92. The molecule has 1 N–H and O–H groups in total. The van der Waals surface area contributed by atoms with Crippen LogP contribution in [-0.2, 0) is 10.0 Å². The fourth-order valence-corrected chi connectivity index (χ4v) is 4.09. The van der Waals surface area contributed by atoms with Crippen LogP contribution in [-0.4, -0.2) is 33.0 Å². The third-order valence-corrected chi connectivity index (χ3v) is 5.98. The van der Waals surface area contributed by atoms with Gasteiger partial charge >= 0.3 is 0 Å². The molecule has 2 heterocycles. The Morgan fingerprint density at radius 1 is 1.08 bits per heavy atom. The highest BCUT2D eigenvalue weighted by molar-refractivity contribution is 7.89. The molecule has 0 amide bonds. The van der Waals surface area contributed by atoms with Crippen molar-refractivity contribution in [2.45, 2.75) is 24.7 Å². The van der Waals surface area contributed by atoms with Crippen LogP contribution >= 0.6 is 0 Å². The molecule has 0 radical (unpaired) electrons. The van der Waals surface area contributed by atoms with Gasteiger partial charge in [-0.1, -0.05) is 17.7 Å². The first-order valence-electron chi connectivity index (χ1n) is 8.26. The second-order valence-electron chi connectivity index (χ2n) is 6.30. The van der Waals surface area contributed by atoms with E-state index in [0.717, 1.165) is 31.5 Å². The molecule has 24 heavy (non-hydrogen) atoms. The number of nitrogens with one attached hydrogen (secondary N) is 1. The molecule has 3 rings (SSSR count). The van der Waals surface area contributed by atoms with Crippen molar-refractivity contribution in [3.8, 4) is 0 Å². The molecule has 0 aliphatic carbocycles. The number of nitrogens with zero attached hydrogens (tertiary/aromatic N) is 2. The Labute approximate surface area is 143 Å². The topological polar surface area (TPSA) is 62.3 Å². The summed E-state index contributed by atoms with van der Waals surface area (Å²) in [5.41, 5.74) is 2.24. The zero-order valence-corrected chi connectivity index (χ0v) is 14.7. The summed E-state index contributed by atoms with van der Waals surface area (Å²) in [6.07, 6.45) is 5.58.